The first-order valence-corrected chi connectivity index (χ1v) is 9.96. The molecule has 0 heterocycles. The molecule has 3 rings (SSSR count). The van der Waals surface area contributed by atoms with Gasteiger partial charge in [-0.3, -0.25) is 0 Å². The second-order valence-electron chi connectivity index (χ2n) is 7.76. The molecule has 38 heavy (non-hydrogen) atoms. The summed E-state index contributed by atoms with van der Waals surface area (Å²) in [6.07, 6.45) is -10.8. The summed E-state index contributed by atoms with van der Waals surface area (Å²) in [5, 5.41) is 36.9. The van der Waals surface area contributed by atoms with Crippen LogP contribution in [-0.2, 0) is 12.4 Å². The summed E-state index contributed by atoms with van der Waals surface area (Å²) in [6, 6.07) is 3.48. The van der Waals surface area contributed by atoms with Crippen molar-refractivity contribution in [2.24, 2.45) is 0 Å². The molecule has 0 saturated heterocycles. The van der Waals surface area contributed by atoms with Gasteiger partial charge >= 0.3 is 36.2 Å². The van der Waals surface area contributed by atoms with E-state index in [1.165, 1.54) is 0 Å². The molecule has 0 aliphatic carbocycles. The third kappa shape index (κ3) is 5.58. The number of carbonyl (C=O) groups is 4. The van der Waals surface area contributed by atoms with E-state index >= 15 is 0 Å². The molecule has 0 radical (unpaired) electrons. The fourth-order valence-electron chi connectivity index (χ4n) is 3.61. The van der Waals surface area contributed by atoms with Crippen molar-refractivity contribution in [2.75, 3.05) is 0 Å². The minimum absolute atomic E-state index is 0.0125. The Hall–Kier alpha value is -4.88. The fraction of sp³-hybridized carbons (Fsp3) is 0.0833. The Kier molecular flexibility index (Phi) is 6.95. The Morgan fingerprint density at radius 2 is 0.684 bits per heavy atom. The SMILES string of the molecule is O=C(O)c1cc(C(=O)O)cc(-c2cc(C(F)(F)F)c(-c3cc(C(=O)O)cc(C(=O)O)c3)cc2C(F)(F)F)c1. The van der Waals surface area contributed by atoms with Crippen LogP contribution in [0.2, 0.25) is 0 Å². The number of carboxylic acids is 4. The maximum Gasteiger partial charge on any atom is 0.417 e. The normalized spacial score (nSPS) is 11.7. The molecule has 0 amide bonds. The lowest BCUT2D eigenvalue weighted by Crippen LogP contribution is -2.14. The number of carboxylic acid groups (broad SMARTS) is 4. The van der Waals surface area contributed by atoms with Gasteiger partial charge in [-0.15, -0.1) is 0 Å². The number of aromatic carboxylic acids is 4. The summed E-state index contributed by atoms with van der Waals surface area (Å²) in [4.78, 5) is 45.6. The van der Waals surface area contributed by atoms with Crippen LogP contribution in [0.15, 0.2) is 48.5 Å². The van der Waals surface area contributed by atoms with Crippen LogP contribution in [0, 0.1) is 0 Å². The Labute approximate surface area is 207 Å². The monoisotopic (exact) mass is 542 g/mol. The molecular formula is C24H12F6O8. The number of hydrogen-bond acceptors (Lipinski definition) is 4. The number of alkyl halides is 6. The van der Waals surface area contributed by atoms with E-state index in [0.29, 0.717) is 36.4 Å². The Morgan fingerprint density at radius 3 is 0.868 bits per heavy atom. The van der Waals surface area contributed by atoms with Crippen molar-refractivity contribution in [3.63, 3.8) is 0 Å². The van der Waals surface area contributed by atoms with Crippen molar-refractivity contribution >= 4 is 23.9 Å². The van der Waals surface area contributed by atoms with Crippen molar-refractivity contribution in [1.29, 1.82) is 0 Å². The summed E-state index contributed by atoms with van der Waals surface area (Å²) >= 11 is 0. The van der Waals surface area contributed by atoms with E-state index in [2.05, 4.69) is 0 Å². The van der Waals surface area contributed by atoms with Gasteiger partial charge < -0.3 is 20.4 Å². The van der Waals surface area contributed by atoms with Crippen LogP contribution < -0.4 is 0 Å². The molecule has 0 aliphatic heterocycles. The highest BCUT2D eigenvalue weighted by atomic mass is 19.4. The fourth-order valence-corrected chi connectivity index (χ4v) is 3.61. The average molecular weight is 542 g/mol. The Morgan fingerprint density at radius 1 is 0.447 bits per heavy atom. The number of benzene rings is 3. The zero-order chi connectivity index (χ0) is 28.7. The van der Waals surface area contributed by atoms with Crippen molar-refractivity contribution in [3.8, 4) is 22.3 Å². The number of rotatable bonds is 6. The summed E-state index contributed by atoms with van der Waals surface area (Å²) in [6.45, 7) is 0. The van der Waals surface area contributed by atoms with Crippen LogP contribution in [0.5, 0.6) is 0 Å². The molecule has 0 fully saturated rings. The van der Waals surface area contributed by atoms with Gasteiger partial charge in [0.25, 0.3) is 0 Å². The van der Waals surface area contributed by atoms with Gasteiger partial charge in [-0.25, -0.2) is 19.2 Å². The van der Waals surface area contributed by atoms with Gasteiger partial charge in [0.15, 0.2) is 0 Å². The molecule has 0 bridgehead atoms. The molecule has 0 aliphatic rings. The quantitative estimate of drug-likeness (QED) is 0.284. The third-order valence-corrected chi connectivity index (χ3v) is 5.24. The standard InChI is InChI=1S/C24H12F6O8/c25-23(26,27)17-8-16(10-3-13(21(35)36)6-14(4-10)22(37)38)18(24(28,29)30)7-15(17)9-1-11(19(31)32)5-12(2-9)20(33)34/h1-8H,(H,31,32)(H,33,34)(H,35,36)(H,37,38). The smallest absolute Gasteiger partial charge is 0.417 e. The lowest BCUT2D eigenvalue weighted by Gasteiger charge is -2.21. The Balaban J connectivity index is 2.50. The van der Waals surface area contributed by atoms with E-state index in [-0.39, 0.29) is 12.1 Å². The van der Waals surface area contributed by atoms with Gasteiger partial charge in [-0.1, -0.05) is 0 Å². The second-order valence-corrected chi connectivity index (χ2v) is 7.76. The first-order valence-electron chi connectivity index (χ1n) is 9.96. The van der Waals surface area contributed by atoms with E-state index in [9.17, 15) is 65.9 Å². The molecule has 198 valence electrons. The van der Waals surface area contributed by atoms with E-state index in [4.69, 9.17) is 0 Å². The van der Waals surface area contributed by atoms with Crippen LogP contribution in [-0.4, -0.2) is 44.3 Å². The second kappa shape index (κ2) is 9.53. The van der Waals surface area contributed by atoms with Gasteiger partial charge in [0.2, 0.25) is 0 Å². The molecule has 4 N–H and O–H groups in total. The summed E-state index contributed by atoms with van der Waals surface area (Å²) in [7, 11) is 0. The van der Waals surface area contributed by atoms with E-state index < -0.39 is 91.9 Å². The van der Waals surface area contributed by atoms with E-state index in [1.54, 1.807) is 0 Å². The molecule has 0 spiro atoms. The van der Waals surface area contributed by atoms with E-state index in [0.717, 1.165) is 0 Å². The summed E-state index contributed by atoms with van der Waals surface area (Å²) in [5.74, 6) is -7.05. The summed E-state index contributed by atoms with van der Waals surface area (Å²) < 4.78 is 84.5. The summed E-state index contributed by atoms with van der Waals surface area (Å²) in [5.41, 5.74) is -10.8. The molecular weight excluding hydrogens is 530 g/mol. The number of hydrogen-bond donors (Lipinski definition) is 4. The van der Waals surface area contributed by atoms with Crippen molar-refractivity contribution in [1.82, 2.24) is 0 Å². The zero-order valence-corrected chi connectivity index (χ0v) is 18.3. The first kappa shape index (κ1) is 27.7. The minimum Gasteiger partial charge on any atom is -0.478 e. The Bertz CT molecular complexity index is 1330. The molecule has 0 saturated carbocycles. The minimum atomic E-state index is -5.38. The molecule has 3 aromatic carbocycles. The zero-order valence-electron chi connectivity index (χ0n) is 18.3. The van der Waals surface area contributed by atoms with Gasteiger partial charge in [-0.2, -0.15) is 26.3 Å². The van der Waals surface area contributed by atoms with E-state index in [1.807, 2.05) is 0 Å². The molecule has 14 heteroatoms. The van der Waals surface area contributed by atoms with Crippen molar-refractivity contribution in [3.05, 3.63) is 81.9 Å². The lowest BCUT2D eigenvalue weighted by molar-refractivity contribution is -0.140. The topological polar surface area (TPSA) is 149 Å². The van der Waals surface area contributed by atoms with Crippen LogP contribution in [0.25, 0.3) is 22.3 Å². The predicted molar refractivity (Wildman–Crippen MR) is 115 cm³/mol. The van der Waals surface area contributed by atoms with Crippen LogP contribution in [0.1, 0.15) is 52.6 Å². The molecule has 3 aromatic rings. The molecule has 0 aromatic heterocycles. The van der Waals surface area contributed by atoms with Gasteiger partial charge in [0.1, 0.15) is 0 Å². The average Bonchev–Trinajstić information content (AvgIpc) is 2.81. The largest absolute Gasteiger partial charge is 0.478 e. The van der Waals surface area contributed by atoms with Crippen LogP contribution in [0.3, 0.4) is 0 Å². The highest BCUT2D eigenvalue weighted by Crippen LogP contribution is 2.46. The highest BCUT2D eigenvalue weighted by molar-refractivity contribution is 5.98. The van der Waals surface area contributed by atoms with Gasteiger partial charge in [0.05, 0.1) is 33.4 Å². The van der Waals surface area contributed by atoms with Gasteiger partial charge in [-0.05, 0) is 70.8 Å². The maximum absolute atomic E-state index is 14.1. The third-order valence-electron chi connectivity index (χ3n) is 5.24. The predicted octanol–water partition coefficient (Wildman–Crippen LogP) is 5.85. The highest BCUT2D eigenvalue weighted by Gasteiger charge is 2.40. The van der Waals surface area contributed by atoms with Crippen molar-refractivity contribution in [2.45, 2.75) is 12.4 Å². The van der Waals surface area contributed by atoms with Gasteiger partial charge in [0, 0.05) is 0 Å². The molecule has 0 atom stereocenters. The molecule has 8 nitrogen and oxygen atoms in total. The van der Waals surface area contributed by atoms with Crippen LogP contribution in [0.4, 0.5) is 26.3 Å². The molecule has 0 unspecified atom stereocenters. The lowest BCUT2D eigenvalue weighted by atomic mass is 9.88. The van der Waals surface area contributed by atoms with Crippen LogP contribution >= 0.6 is 0 Å². The first-order chi connectivity index (χ1) is 17.4. The number of halogens is 6. The van der Waals surface area contributed by atoms with Crippen molar-refractivity contribution < 1.29 is 65.9 Å². The maximum atomic E-state index is 14.1.